The SMILES string of the molecule is COC(=O)CCC1(CNC(=O)C2CCC(CCCC3CCCCCC3F)CC2)CCCCCC1. The minimum absolute atomic E-state index is 0.0455. The van der Waals surface area contributed by atoms with Crippen molar-refractivity contribution in [2.24, 2.45) is 23.2 Å². The zero-order valence-corrected chi connectivity index (χ0v) is 21.8. The average molecular weight is 480 g/mol. The molecule has 0 aliphatic heterocycles. The van der Waals surface area contributed by atoms with Crippen molar-refractivity contribution in [3.8, 4) is 0 Å². The first-order valence-corrected chi connectivity index (χ1v) is 14.5. The maximum Gasteiger partial charge on any atom is 0.305 e. The van der Waals surface area contributed by atoms with Gasteiger partial charge in [0.05, 0.1) is 7.11 Å². The number of esters is 1. The first-order chi connectivity index (χ1) is 16.5. The van der Waals surface area contributed by atoms with Gasteiger partial charge in [0.15, 0.2) is 0 Å². The fourth-order valence-corrected chi connectivity index (χ4v) is 6.93. The summed E-state index contributed by atoms with van der Waals surface area (Å²) in [5.41, 5.74) is 0.0455. The van der Waals surface area contributed by atoms with Crippen molar-refractivity contribution in [1.29, 1.82) is 0 Å². The van der Waals surface area contributed by atoms with Crippen LogP contribution < -0.4 is 5.32 Å². The van der Waals surface area contributed by atoms with Gasteiger partial charge in [-0.15, -0.1) is 0 Å². The Balaban J connectivity index is 1.37. The molecular formula is C29H50FNO3. The minimum Gasteiger partial charge on any atom is -0.469 e. The number of nitrogens with one attached hydrogen (secondary N) is 1. The van der Waals surface area contributed by atoms with Crippen LogP contribution in [0.3, 0.4) is 0 Å². The highest BCUT2D eigenvalue weighted by molar-refractivity contribution is 5.78. The fourth-order valence-electron chi connectivity index (χ4n) is 6.93. The van der Waals surface area contributed by atoms with E-state index in [1.807, 2.05) is 0 Å². The molecule has 196 valence electrons. The van der Waals surface area contributed by atoms with E-state index >= 15 is 0 Å². The predicted octanol–water partition coefficient (Wildman–Crippen LogP) is 7.29. The molecule has 0 aromatic carbocycles. The highest BCUT2D eigenvalue weighted by Gasteiger charge is 2.34. The van der Waals surface area contributed by atoms with Gasteiger partial charge in [-0.25, -0.2) is 4.39 Å². The van der Waals surface area contributed by atoms with Crippen molar-refractivity contribution in [2.45, 2.75) is 135 Å². The van der Waals surface area contributed by atoms with Gasteiger partial charge in [0.2, 0.25) is 5.91 Å². The van der Waals surface area contributed by atoms with E-state index in [4.69, 9.17) is 4.74 Å². The van der Waals surface area contributed by atoms with Gasteiger partial charge in [-0.3, -0.25) is 9.59 Å². The van der Waals surface area contributed by atoms with Crippen molar-refractivity contribution >= 4 is 11.9 Å². The largest absolute Gasteiger partial charge is 0.469 e. The number of amides is 1. The van der Waals surface area contributed by atoms with Crippen LogP contribution in [0.5, 0.6) is 0 Å². The highest BCUT2D eigenvalue weighted by Crippen LogP contribution is 2.39. The van der Waals surface area contributed by atoms with Gasteiger partial charge >= 0.3 is 5.97 Å². The first kappa shape index (κ1) is 27.5. The van der Waals surface area contributed by atoms with Gasteiger partial charge in [0, 0.05) is 18.9 Å². The number of hydrogen-bond donors (Lipinski definition) is 1. The molecule has 0 radical (unpaired) electrons. The Kier molecular flexibility index (Phi) is 11.7. The Labute approximate surface area is 207 Å². The van der Waals surface area contributed by atoms with Crippen LogP contribution in [0, 0.1) is 23.2 Å². The molecule has 0 saturated heterocycles. The van der Waals surface area contributed by atoms with Gasteiger partial charge < -0.3 is 10.1 Å². The molecule has 0 spiro atoms. The molecule has 1 N–H and O–H groups in total. The summed E-state index contributed by atoms with van der Waals surface area (Å²) in [5, 5.41) is 3.31. The molecule has 0 aromatic heterocycles. The molecule has 3 aliphatic rings. The Morgan fingerprint density at radius 1 is 0.882 bits per heavy atom. The van der Waals surface area contributed by atoms with E-state index in [1.54, 1.807) is 0 Å². The average Bonchev–Trinajstić information content (AvgIpc) is 3.22. The summed E-state index contributed by atoms with van der Waals surface area (Å²) in [7, 11) is 1.45. The lowest BCUT2D eigenvalue weighted by atomic mass is 9.75. The summed E-state index contributed by atoms with van der Waals surface area (Å²) < 4.78 is 19.2. The number of methoxy groups -OCH3 is 1. The number of carbonyl (C=O) groups excluding carboxylic acids is 2. The second kappa shape index (κ2) is 14.4. The molecule has 3 saturated carbocycles. The molecule has 0 aromatic rings. The van der Waals surface area contributed by atoms with Gasteiger partial charge in [0.1, 0.15) is 6.17 Å². The first-order valence-electron chi connectivity index (χ1n) is 14.5. The Morgan fingerprint density at radius 2 is 1.56 bits per heavy atom. The molecule has 5 heteroatoms. The van der Waals surface area contributed by atoms with Crippen LogP contribution in [0.2, 0.25) is 0 Å². The van der Waals surface area contributed by atoms with Crippen molar-refractivity contribution in [1.82, 2.24) is 5.32 Å². The maximum atomic E-state index is 14.3. The Morgan fingerprint density at radius 3 is 2.26 bits per heavy atom. The zero-order chi connectivity index (χ0) is 24.2. The number of halogens is 1. The van der Waals surface area contributed by atoms with Crippen molar-refractivity contribution < 1.29 is 18.7 Å². The van der Waals surface area contributed by atoms with Gasteiger partial charge in [0.25, 0.3) is 0 Å². The molecule has 3 rings (SSSR count). The molecule has 3 aliphatic carbocycles. The van der Waals surface area contributed by atoms with Crippen LogP contribution in [0.4, 0.5) is 4.39 Å². The third-order valence-corrected chi connectivity index (χ3v) is 9.36. The molecule has 2 atom stereocenters. The minimum atomic E-state index is -0.577. The molecule has 4 nitrogen and oxygen atoms in total. The van der Waals surface area contributed by atoms with E-state index in [-0.39, 0.29) is 23.2 Å². The number of hydrogen-bond acceptors (Lipinski definition) is 3. The number of rotatable bonds is 10. The normalized spacial score (nSPS) is 30.1. The van der Waals surface area contributed by atoms with Crippen LogP contribution in [0.15, 0.2) is 0 Å². The van der Waals surface area contributed by atoms with Gasteiger partial charge in [-0.05, 0) is 81.5 Å². The summed E-state index contributed by atoms with van der Waals surface area (Å²) in [6.07, 6.45) is 20.7. The van der Waals surface area contributed by atoms with E-state index in [9.17, 15) is 14.0 Å². The fraction of sp³-hybridized carbons (Fsp3) is 0.931. The Bertz CT molecular complexity index is 608. The number of carbonyl (C=O) groups is 2. The second-order valence-corrected chi connectivity index (χ2v) is 11.8. The molecule has 1 amide bonds. The topological polar surface area (TPSA) is 55.4 Å². The molecule has 3 fully saturated rings. The van der Waals surface area contributed by atoms with E-state index in [2.05, 4.69) is 5.32 Å². The molecule has 34 heavy (non-hydrogen) atoms. The summed E-state index contributed by atoms with van der Waals surface area (Å²) in [6.45, 7) is 0.703. The number of ether oxygens (including phenoxy) is 1. The molecule has 2 unspecified atom stereocenters. The summed E-state index contributed by atoms with van der Waals surface area (Å²) in [6, 6.07) is 0. The van der Waals surface area contributed by atoms with Crippen LogP contribution in [0.25, 0.3) is 0 Å². The Hall–Kier alpha value is -1.13. The predicted molar refractivity (Wildman–Crippen MR) is 135 cm³/mol. The van der Waals surface area contributed by atoms with Gasteiger partial charge in [-0.1, -0.05) is 57.8 Å². The highest BCUT2D eigenvalue weighted by atomic mass is 19.1. The van der Waals surface area contributed by atoms with E-state index < -0.39 is 6.17 Å². The standard InChI is InChI=1S/C29H50FNO3/c1-34-27(32)18-21-29(19-7-2-3-8-20-29)22-31-28(33)25-16-14-23(15-17-25)10-9-12-24-11-5-4-6-13-26(24)30/h23-26H,2-22H2,1H3,(H,31,33). The van der Waals surface area contributed by atoms with Crippen LogP contribution in [-0.4, -0.2) is 31.7 Å². The van der Waals surface area contributed by atoms with E-state index in [0.29, 0.717) is 24.8 Å². The zero-order valence-electron chi connectivity index (χ0n) is 21.8. The number of alkyl halides is 1. The van der Waals surface area contributed by atoms with Crippen molar-refractivity contribution in [3.63, 3.8) is 0 Å². The summed E-state index contributed by atoms with van der Waals surface area (Å²) in [4.78, 5) is 24.8. The molecule has 0 heterocycles. The maximum absolute atomic E-state index is 14.3. The smallest absolute Gasteiger partial charge is 0.305 e. The van der Waals surface area contributed by atoms with E-state index in [0.717, 1.165) is 77.0 Å². The summed E-state index contributed by atoms with van der Waals surface area (Å²) >= 11 is 0. The second-order valence-electron chi connectivity index (χ2n) is 11.8. The van der Waals surface area contributed by atoms with Crippen molar-refractivity contribution in [3.05, 3.63) is 0 Å². The third-order valence-electron chi connectivity index (χ3n) is 9.36. The van der Waals surface area contributed by atoms with Gasteiger partial charge in [-0.2, -0.15) is 0 Å². The molecule has 0 bridgehead atoms. The lowest BCUT2D eigenvalue weighted by molar-refractivity contribution is -0.141. The monoisotopic (exact) mass is 479 g/mol. The van der Waals surface area contributed by atoms with Crippen LogP contribution >= 0.6 is 0 Å². The van der Waals surface area contributed by atoms with Crippen LogP contribution in [0.1, 0.15) is 128 Å². The third kappa shape index (κ3) is 8.82. The lowest BCUT2D eigenvalue weighted by Crippen LogP contribution is -2.41. The quantitative estimate of drug-likeness (QED) is 0.264. The molecular weight excluding hydrogens is 429 g/mol. The van der Waals surface area contributed by atoms with E-state index in [1.165, 1.54) is 52.1 Å². The van der Waals surface area contributed by atoms with Crippen molar-refractivity contribution in [2.75, 3.05) is 13.7 Å². The summed E-state index contributed by atoms with van der Waals surface area (Å²) in [5.74, 6) is 1.21. The lowest BCUT2D eigenvalue weighted by Gasteiger charge is -2.34. The van der Waals surface area contributed by atoms with Crippen LogP contribution in [-0.2, 0) is 14.3 Å².